The summed E-state index contributed by atoms with van der Waals surface area (Å²) in [5.41, 5.74) is 2.78. The van der Waals surface area contributed by atoms with Crippen molar-refractivity contribution in [2.75, 3.05) is 0 Å². The molecule has 0 aliphatic carbocycles. The van der Waals surface area contributed by atoms with Gasteiger partial charge < -0.3 is 0 Å². The minimum Gasteiger partial charge on any atom is -0.290 e. The molecule has 5 nitrogen and oxygen atoms in total. The van der Waals surface area contributed by atoms with Gasteiger partial charge in [0.05, 0.1) is 20.8 Å². The summed E-state index contributed by atoms with van der Waals surface area (Å²) >= 11 is 1.62. The second kappa shape index (κ2) is 4.92. The maximum atomic E-state index is 11.1. The van der Waals surface area contributed by atoms with Crippen LogP contribution in [0.25, 0.3) is 15.2 Å². The molecule has 0 N–H and O–H groups in total. The number of nitro benzene ring substituents is 1. The number of rotatable bonds is 3. The molecule has 0 unspecified atom stereocenters. The molecule has 0 amide bonds. The maximum absolute atomic E-state index is 11.1. The Hall–Kier alpha value is -2.73. The van der Waals surface area contributed by atoms with Gasteiger partial charge in [0.15, 0.2) is 4.96 Å². The number of hydrogen-bond acceptors (Lipinski definition) is 4. The van der Waals surface area contributed by atoms with Gasteiger partial charge in [-0.1, -0.05) is 41.7 Å². The van der Waals surface area contributed by atoms with E-state index in [0.29, 0.717) is 12.0 Å². The van der Waals surface area contributed by atoms with E-state index in [2.05, 4.69) is 17.1 Å². The molecule has 2 heterocycles. The lowest BCUT2D eigenvalue weighted by atomic mass is 10.1. The summed E-state index contributed by atoms with van der Waals surface area (Å²) < 4.78 is 3.23. The summed E-state index contributed by atoms with van der Waals surface area (Å²) in [5.74, 6) is 0. The molecule has 0 aliphatic heterocycles. The normalized spacial score (nSPS) is 11.3. The molecule has 0 saturated carbocycles. The molecule has 0 fully saturated rings. The minimum absolute atomic E-state index is 0.142. The summed E-state index contributed by atoms with van der Waals surface area (Å²) in [5, 5.41) is 11.1. The average Bonchev–Trinajstić information content (AvgIpc) is 3.04. The fourth-order valence-corrected chi connectivity index (χ4v) is 3.64. The van der Waals surface area contributed by atoms with Crippen molar-refractivity contribution in [3.8, 4) is 0 Å². The van der Waals surface area contributed by atoms with E-state index >= 15 is 0 Å². The lowest BCUT2D eigenvalue weighted by Gasteiger charge is -1.99. The van der Waals surface area contributed by atoms with Crippen molar-refractivity contribution in [1.29, 1.82) is 0 Å². The minimum atomic E-state index is -0.344. The van der Waals surface area contributed by atoms with Crippen LogP contribution in [0.15, 0.2) is 54.7 Å². The molecule has 0 radical (unpaired) electrons. The van der Waals surface area contributed by atoms with E-state index in [4.69, 9.17) is 0 Å². The summed E-state index contributed by atoms with van der Waals surface area (Å²) in [6, 6.07) is 14.9. The number of nitro groups is 1. The summed E-state index contributed by atoms with van der Waals surface area (Å²) in [6.45, 7) is 0. The zero-order valence-corrected chi connectivity index (χ0v) is 12.3. The van der Waals surface area contributed by atoms with Crippen LogP contribution in [0.2, 0.25) is 0 Å². The van der Waals surface area contributed by atoms with Crippen molar-refractivity contribution < 1.29 is 4.92 Å². The van der Waals surface area contributed by atoms with Crippen LogP contribution in [0.5, 0.6) is 0 Å². The lowest BCUT2D eigenvalue weighted by Crippen LogP contribution is -1.96. The van der Waals surface area contributed by atoms with Crippen molar-refractivity contribution in [3.63, 3.8) is 0 Å². The Kier molecular flexibility index (Phi) is 2.90. The molecule has 0 bridgehead atoms. The predicted molar refractivity (Wildman–Crippen MR) is 86.5 cm³/mol. The van der Waals surface area contributed by atoms with E-state index in [1.165, 1.54) is 10.8 Å². The quantitative estimate of drug-likeness (QED) is 0.424. The number of hydrogen-bond donors (Lipinski definition) is 0. The highest BCUT2D eigenvalue weighted by Gasteiger charge is 2.15. The van der Waals surface area contributed by atoms with Crippen LogP contribution in [0.3, 0.4) is 0 Å². The Bertz CT molecular complexity index is 1000. The van der Waals surface area contributed by atoms with E-state index in [9.17, 15) is 10.1 Å². The molecule has 4 aromatic rings. The molecule has 0 saturated heterocycles. The molecular weight excluding hydrogens is 298 g/mol. The Morgan fingerprint density at radius 3 is 2.77 bits per heavy atom. The standard InChI is InChI=1S/C16H11N3O2S/c20-19(21)13-6-2-1-5-11(13)9-12-10-18-14-7-3-4-8-15(14)22-16(18)17-12/h1-8,10H,9H2. The zero-order chi connectivity index (χ0) is 15.1. The molecule has 0 spiro atoms. The summed E-state index contributed by atoms with van der Waals surface area (Å²) in [4.78, 5) is 16.3. The number of imidazole rings is 1. The first-order chi connectivity index (χ1) is 10.7. The van der Waals surface area contributed by atoms with Crippen LogP contribution in [-0.2, 0) is 6.42 Å². The smallest absolute Gasteiger partial charge is 0.272 e. The fourth-order valence-electron chi connectivity index (χ4n) is 2.61. The molecule has 0 aliphatic rings. The van der Waals surface area contributed by atoms with E-state index in [-0.39, 0.29) is 10.6 Å². The van der Waals surface area contributed by atoms with Crippen LogP contribution in [0.1, 0.15) is 11.3 Å². The maximum Gasteiger partial charge on any atom is 0.272 e. The Morgan fingerprint density at radius 2 is 1.91 bits per heavy atom. The molecule has 6 heteroatoms. The highest BCUT2D eigenvalue weighted by molar-refractivity contribution is 7.23. The van der Waals surface area contributed by atoms with Crippen molar-refractivity contribution in [2.24, 2.45) is 0 Å². The molecule has 2 aromatic heterocycles. The highest BCUT2D eigenvalue weighted by Crippen LogP contribution is 2.27. The predicted octanol–water partition coefficient (Wildman–Crippen LogP) is 4.05. The van der Waals surface area contributed by atoms with E-state index in [0.717, 1.165) is 16.2 Å². The van der Waals surface area contributed by atoms with E-state index in [1.807, 2.05) is 28.8 Å². The van der Waals surface area contributed by atoms with Crippen LogP contribution >= 0.6 is 11.3 Å². The van der Waals surface area contributed by atoms with Gasteiger partial charge in [0, 0.05) is 24.2 Å². The number of benzene rings is 2. The first-order valence-corrected chi connectivity index (χ1v) is 7.62. The number of nitrogens with zero attached hydrogens (tertiary/aromatic N) is 3. The van der Waals surface area contributed by atoms with Crippen molar-refractivity contribution >= 4 is 32.2 Å². The van der Waals surface area contributed by atoms with Gasteiger partial charge in [-0.25, -0.2) is 4.98 Å². The number of aromatic nitrogens is 2. The Balaban J connectivity index is 1.78. The van der Waals surface area contributed by atoms with Crippen molar-refractivity contribution in [2.45, 2.75) is 6.42 Å². The SMILES string of the molecule is O=[N+]([O-])c1ccccc1Cc1cn2c(n1)sc1ccccc12. The van der Waals surface area contributed by atoms with Gasteiger partial charge >= 0.3 is 0 Å². The monoisotopic (exact) mass is 309 g/mol. The van der Waals surface area contributed by atoms with Gasteiger partial charge in [-0.3, -0.25) is 14.5 Å². The van der Waals surface area contributed by atoms with Crippen LogP contribution in [-0.4, -0.2) is 14.3 Å². The van der Waals surface area contributed by atoms with Gasteiger partial charge in [0.25, 0.3) is 5.69 Å². The van der Waals surface area contributed by atoms with Crippen molar-refractivity contribution in [1.82, 2.24) is 9.38 Å². The molecule has 108 valence electrons. The number of para-hydroxylation sites is 2. The summed E-state index contributed by atoms with van der Waals surface area (Å²) in [6.07, 6.45) is 2.42. The number of thiazole rings is 1. The third-order valence-electron chi connectivity index (χ3n) is 3.61. The topological polar surface area (TPSA) is 60.4 Å². The Morgan fingerprint density at radius 1 is 1.14 bits per heavy atom. The van der Waals surface area contributed by atoms with Gasteiger partial charge in [-0.05, 0) is 12.1 Å². The number of fused-ring (bicyclic) bond motifs is 3. The molecule has 0 atom stereocenters. The van der Waals surface area contributed by atoms with Gasteiger partial charge in [-0.15, -0.1) is 0 Å². The molecular formula is C16H11N3O2S. The third kappa shape index (κ3) is 2.05. The Labute approximate surface area is 129 Å². The molecule has 22 heavy (non-hydrogen) atoms. The van der Waals surface area contributed by atoms with E-state index in [1.54, 1.807) is 23.5 Å². The first kappa shape index (κ1) is 13.0. The zero-order valence-electron chi connectivity index (χ0n) is 11.5. The van der Waals surface area contributed by atoms with E-state index < -0.39 is 0 Å². The van der Waals surface area contributed by atoms with Gasteiger partial charge in [0.1, 0.15) is 0 Å². The highest BCUT2D eigenvalue weighted by atomic mass is 32.1. The molecule has 2 aromatic carbocycles. The van der Waals surface area contributed by atoms with Gasteiger partial charge in [0.2, 0.25) is 0 Å². The summed E-state index contributed by atoms with van der Waals surface area (Å²) in [7, 11) is 0. The second-order valence-corrected chi connectivity index (χ2v) is 6.03. The first-order valence-electron chi connectivity index (χ1n) is 6.80. The fraction of sp³-hybridized carbons (Fsp3) is 0.0625. The van der Waals surface area contributed by atoms with Gasteiger partial charge in [-0.2, -0.15) is 0 Å². The second-order valence-electron chi connectivity index (χ2n) is 5.02. The van der Waals surface area contributed by atoms with Crippen LogP contribution in [0, 0.1) is 10.1 Å². The lowest BCUT2D eigenvalue weighted by molar-refractivity contribution is -0.385. The molecule has 4 rings (SSSR count). The van der Waals surface area contributed by atoms with Crippen LogP contribution in [0.4, 0.5) is 5.69 Å². The largest absolute Gasteiger partial charge is 0.290 e. The average molecular weight is 309 g/mol. The third-order valence-corrected chi connectivity index (χ3v) is 4.65. The van der Waals surface area contributed by atoms with Crippen LogP contribution < -0.4 is 0 Å². The van der Waals surface area contributed by atoms with Crippen molar-refractivity contribution in [3.05, 3.63) is 76.1 Å².